The minimum atomic E-state index is -6.00. The molecule has 5 aromatic rings. The zero-order chi connectivity index (χ0) is 28.9. The maximum Gasteiger partial charge on any atom is 0.673 e. The van der Waals surface area contributed by atoms with Crippen molar-refractivity contribution in [2.24, 2.45) is 0 Å². The fraction of sp³-hybridized carbons (Fsp3) is 0. The average Bonchev–Trinajstić information content (AvgIpc) is 2.89. The molecule has 40 heavy (non-hydrogen) atoms. The molecule has 0 aliphatic heterocycles. The Balaban J connectivity index is 0.000000681. The van der Waals surface area contributed by atoms with E-state index in [2.05, 4.69) is 4.99 Å². The zero-order valence-corrected chi connectivity index (χ0v) is 22.5. The SMILES string of the molecule is F[B-](F)(F)F.O=C(Oc1ccc([NH+]=c2cc(-c3ccccc3)oc3ccc(Cl)cc23)cc1)c1ccc(Cl)cc1Cl. The maximum atomic E-state index is 12.5. The van der Waals surface area contributed by atoms with Crippen molar-refractivity contribution in [3.05, 3.63) is 123 Å². The molecule has 1 aromatic heterocycles. The van der Waals surface area contributed by atoms with Crippen LogP contribution >= 0.6 is 34.8 Å². The van der Waals surface area contributed by atoms with Crippen molar-refractivity contribution in [2.75, 3.05) is 0 Å². The number of halogens is 7. The second-order valence-electron chi connectivity index (χ2n) is 8.19. The quantitative estimate of drug-likeness (QED) is 0.0977. The lowest BCUT2D eigenvalue weighted by molar-refractivity contribution is -0.400. The first-order chi connectivity index (χ1) is 19.0. The first kappa shape index (κ1) is 29.2. The van der Waals surface area contributed by atoms with Crippen LogP contribution in [0.5, 0.6) is 5.75 Å². The van der Waals surface area contributed by atoms with Crippen LogP contribution in [0, 0.1) is 0 Å². The van der Waals surface area contributed by atoms with Gasteiger partial charge in [-0.2, -0.15) is 0 Å². The smallest absolute Gasteiger partial charge is 0.456 e. The number of ether oxygens (including phenoxy) is 1. The summed E-state index contributed by atoms with van der Waals surface area (Å²) in [5.74, 6) is 0.533. The molecule has 1 heterocycles. The van der Waals surface area contributed by atoms with E-state index in [1.807, 2.05) is 60.7 Å². The van der Waals surface area contributed by atoms with E-state index in [9.17, 15) is 22.1 Å². The normalized spacial score (nSPS) is 11.6. The lowest BCUT2D eigenvalue weighted by Gasteiger charge is -2.06. The largest absolute Gasteiger partial charge is 0.673 e. The highest BCUT2D eigenvalue weighted by atomic mass is 35.5. The highest BCUT2D eigenvalue weighted by Crippen LogP contribution is 2.25. The Morgan fingerprint density at radius 2 is 1.40 bits per heavy atom. The molecule has 0 unspecified atom stereocenters. The van der Waals surface area contributed by atoms with Gasteiger partial charge < -0.3 is 26.4 Å². The molecule has 0 aliphatic rings. The molecular formula is C28H17BCl3F4NO3. The molecule has 0 spiro atoms. The Morgan fingerprint density at radius 3 is 2.05 bits per heavy atom. The molecule has 0 aliphatic carbocycles. The predicted octanol–water partition coefficient (Wildman–Crippen LogP) is 7.89. The lowest BCUT2D eigenvalue weighted by Crippen LogP contribution is -2.70. The van der Waals surface area contributed by atoms with Gasteiger partial charge in [0.1, 0.15) is 17.1 Å². The van der Waals surface area contributed by atoms with Gasteiger partial charge in [0.15, 0.2) is 0 Å². The van der Waals surface area contributed by atoms with Crippen LogP contribution in [0.15, 0.2) is 101 Å². The molecule has 0 saturated carbocycles. The van der Waals surface area contributed by atoms with Crippen LogP contribution in [0.25, 0.3) is 22.3 Å². The van der Waals surface area contributed by atoms with Crippen LogP contribution in [-0.4, -0.2) is 13.2 Å². The summed E-state index contributed by atoms with van der Waals surface area (Å²) < 4.78 is 50.6. The molecule has 0 fully saturated rings. The minimum absolute atomic E-state index is 0.232. The molecule has 0 amide bonds. The second kappa shape index (κ2) is 12.6. The molecule has 0 bridgehead atoms. The van der Waals surface area contributed by atoms with Crippen LogP contribution in [0.1, 0.15) is 10.4 Å². The third-order valence-corrected chi connectivity index (χ3v) is 6.06. The van der Waals surface area contributed by atoms with Gasteiger partial charge in [-0.15, -0.1) is 0 Å². The average molecular weight is 609 g/mol. The van der Waals surface area contributed by atoms with Gasteiger partial charge in [0, 0.05) is 27.7 Å². The number of benzene rings is 4. The Hall–Kier alpha value is -3.79. The van der Waals surface area contributed by atoms with Crippen LogP contribution in [0.4, 0.5) is 23.0 Å². The molecule has 0 radical (unpaired) electrons. The van der Waals surface area contributed by atoms with E-state index < -0.39 is 13.2 Å². The van der Waals surface area contributed by atoms with E-state index in [0.717, 1.165) is 22.0 Å². The van der Waals surface area contributed by atoms with Crippen molar-refractivity contribution in [1.82, 2.24) is 0 Å². The van der Waals surface area contributed by atoms with E-state index in [4.69, 9.17) is 44.0 Å². The summed E-state index contributed by atoms with van der Waals surface area (Å²) in [6.07, 6.45) is 0. The highest BCUT2D eigenvalue weighted by Gasteiger charge is 2.20. The van der Waals surface area contributed by atoms with Crippen LogP contribution < -0.4 is 15.1 Å². The molecule has 4 nitrogen and oxygen atoms in total. The predicted molar refractivity (Wildman–Crippen MR) is 148 cm³/mol. The molecule has 204 valence electrons. The number of nitrogens with one attached hydrogen (secondary N) is 1. The molecule has 5 rings (SSSR count). The van der Waals surface area contributed by atoms with Crippen molar-refractivity contribution in [1.29, 1.82) is 0 Å². The number of hydrogen-bond acceptors (Lipinski definition) is 3. The summed E-state index contributed by atoms with van der Waals surface area (Å²) in [7, 11) is -6.00. The second-order valence-corrected chi connectivity index (χ2v) is 9.47. The van der Waals surface area contributed by atoms with Gasteiger partial charge in [0.25, 0.3) is 0 Å². The molecule has 0 atom stereocenters. The van der Waals surface area contributed by atoms with E-state index in [0.29, 0.717) is 27.1 Å². The van der Waals surface area contributed by atoms with Crippen LogP contribution in [0.3, 0.4) is 0 Å². The Kier molecular flexibility index (Phi) is 9.19. The van der Waals surface area contributed by atoms with Crippen LogP contribution in [-0.2, 0) is 0 Å². The van der Waals surface area contributed by atoms with Crippen molar-refractivity contribution >= 4 is 64.7 Å². The van der Waals surface area contributed by atoms with E-state index in [-0.39, 0.29) is 10.6 Å². The zero-order valence-electron chi connectivity index (χ0n) is 20.2. The fourth-order valence-corrected chi connectivity index (χ4v) is 4.24. The summed E-state index contributed by atoms with van der Waals surface area (Å²) in [6, 6.07) is 28.9. The van der Waals surface area contributed by atoms with Crippen LogP contribution in [0.2, 0.25) is 15.1 Å². The summed E-state index contributed by atoms with van der Waals surface area (Å²) in [6.45, 7) is 0. The van der Waals surface area contributed by atoms with Crippen molar-refractivity contribution in [2.45, 2.75) is 0 Å². The van der Waals surface area contributed by atoms with E-state index in [1.165, 1.54) is 12.1 Å². The van der Waals surface area contributed by atoms with Gasteiger partial charge in [-0.05, 0) is 48.5 Å². The lowest BCUT2D eigenvalue weighted by atomic mass is 10.1. The molecule has 12 heteroatoms. The van der Waals surface area contributed by atoms with E-state index in [1.54, 1.807) is 24.3 Å². The highest BCUT2D eigenvalue weighted by molar-refractivity contribution is 6.50. The fourth-order valence-electron chi connectivity index (χ4n) is 3.59. The van der Waals surface area contributed by atoms with Gasteiger partial charge in [-0.3, -0.25) is 0 Å². The standard InChI is InChI=1S/C28H16Cl3NO3.BF4/c29-18-7-13-26-23(14-18)25(16-27(35-26)17-4-2-1-3-5-17)32-20-8-10-21(11-9-20)34-28(33)22-12-6-19(30)15-24(22)31;2-1(3,4)5/h1-16H;/q;-1/p+1. The molecule has 4 aromatic carbocycles. The first-order valence-corrected chi connectivity index (χ1v) is 12.6. The number of fused-ring (bicyclic) bond motifs is 1. The summed E-state index contributed by atoms with van der Waals surface area (Å²) in [4.78, 5) is 15.9. The van der Waals surface area contributed by atoms with Crippen molar-refractivity contribution in [3.63, 3.8) is 0 Å². The van der Waals surface area contributed by atoms with Crippen molar-refractivity contribution < 1.29 is 36.2 Å². The van der Waals surface area contributed by atoms with Crippen molar-refractivity contribution in [3.8, 4) is 17.1 Å². The van der Waals surface area contributed by atoms with Gasteiger partial charge in [0.2, 0.25) is 11.0 Å². The van der Waals surface area contributed by atoms with Gasteiger partial charge in [0.05, 0.1) is 22.0 Å². The third-order valence-electron chi connectivity index (χ3n) is 5.28. The number of carbonyl (C=O) groups is 1. The van der Waals surface area contributed by atoms with E-state index >= 15 is 0 Å². The van der Waals surface area contributed by atoms with Gasteiger partial charge in [-0.1, -0.05) is 65.1 Å². The van der Waals surface area contributed by atoms with Gasteiger partial charge >= 0.3 is 13.2 Å². The maximum absolute atomic E-state index is 12.5. The number of carbonyl (C=O) groups excluding carboxylic acids is 1. The Morgan fingerprint density at radius 1 is 0.775 bits per heavy atom. The minimum Gasteiger partial charge on any atom is -0.456 e. The molecule has 0 saturated heterocycles. The molecular weight excluding hydrogens is 591 g/mol. The first-order valence-electron chi connectivity index (χ1n) is 11.5. The number of rotatable bonds is 4. The molecule has 1 N–H and O–H groups in total. The summed E-state index contributed by atoms with van der Waals surface area (Å²) >= 11 is 18.3. The number of hydrogen-bond donors (Lipinski definition) is 1. The number of esters is 1. The summed E-state index contributed by atoms with van der Waals surface area (Å²) in [5.41, 5.74) is 2.68. The summed E-state index contributed by atoms with van der Waals surface area (Å²) in [5, 5.41) is 2.94. The topological polar surface area (TPSA) is 53.4 Å². The van der Waals surface area contributed by atoms with Gasteiger partial charge in [-0.25, -0.2) is 9.79 Å². The Labute approximate surface area is 240 Å². The Bertz CT molecular complexity index is 1720. The third kappa shape index (κ3) is 8.11. The monoisotopic (exact) mass is 607 g/mol.